The predicted octanol–water partition coefficient (Wildman–Crippen LogP) is 2.49. The van der Waals surface area contributed by atoms with Crippen LogP contribution in [0.4, 0.5) is 8.78 Å². The van der Waals surface area contributed by atoms with Crippen LogP contribution in [0.2, 0.25) is 0 Å². The number of nitrogens with zero attached hydrogens (tertiary/aromatic N) is 1. The molecular weight excluding hydrogens is 272 g/mol. The minimum Gasteiger partial charge on any atom is -0.434 e. The summed E-state index contributed by atoms with van der Waals surface area (Å²) in [6.45, 7) is 0.999. The Balaban J connectivity index is 2.63. The number of rotatable bonds is 5. The standard InChI is InChI=1S/C12H15F2N3OS/c1-8(2)16-12(19)17-15-7-9-5-3-4-6-10(9)18-11(13)14/h3-8,11H,1-2H3,(H2,16,17,19)/b15-7+. The lowest BCUT2D eigenvalue weighted by molar-refractivity contribution is -0.0499. The summed E-state index contributed by atoms with van der Waals surface area (Å²) in [6, 6.07) is 6.54. The third kappa shape index (κ3) is 6.10. The molecular formula is C12H15F2N3OS. The summed E-state index contributed by atoms with van der Waals surface area (Å²) in [7, 11) is 0. The quantitative estimate of drug-likeness (QED) is 0.496. The van der Waals surface area contributed by atoms with Crippen molar-refractivity contribution in [3.8, 4) is 5.75 Å². The maximum atomic E-state index is 12.2. The molecule has 0 heterocycles. The molecule has 19 heavy (non-hydrogen) atoms. The molecule has 0 spiro atoms. The number of alkyl halides is 2. The van der Waals surface area contributed by atoms with Crippen molar-refractivity contribution in [1.29, 1.82) is 0 Å². The van der Waals surface area contributed by atoms with E-state index in [-0.39, 0.29) is 11.8 Å². The molecule has 0 amide bonds. The second kappa shape index (κ2) is 7.63. The summed E-state index contributed by atoms with van der Waals surface area (Å²) in [5.74, 6) is 0.0609. The average molecular weight is 287 g/mol. The van der Waals surface area contributed by atoms with E-state index >= 15 is 0 Å². The fourth-order valence-corrected chi connectivity index (χ4v) is 1.53. The summed E-state index contributed by atoms with van der Waals surface area (Å²) in [4.78, 5) is 0. The Bertz CT molecular complexity index is 452. The number of hydrogen-bond donors (Lipinski definition) is 2. The van der Waals surface area contributed by atoms with Gasteiger partial charge in [-0.15, -0.1) is 0 Å². The van der Waals surface area contributed by atoms with Crippen LogP contribution >= 0.6 is 12.2 Å². The van der Waals surface area contributed by atoms with E-state index in [0.29, 0.717) is 10.7 Å². The SMILES string of the molecule is CC(C)NC(=S)N/N=C/c1ccccc1OC(F)F. The molecule has 0 saturated heterocycles. The van der Waals surface area contributed by atoms with Crippen molar-refractivity contribution in [1.82, 2.24) is 10.7 Å². The minimum absolute atomic E-state index is 0.0609. The Hall–Kier alpha value is -1.76. The molecule has 7 heteroatoms. The highest BCUT2D eigenvalue weighted by Crippen LogP contribution is 2.18. The van der Waals surface area contributed by atoms with E-state index < -0.39 is 6.61 Å². The van der Waals surface area contributed by atoms with Crippen molar-refractivity contribution in [2.45, 2.75) is 26.5 Å². The van der Waals surface area contributed by atoms with Crippen LogP contribution in [-0.4, -0.2) is 24.0 Å². The molecule has 2 N–H and O–H groups in total. The van der Waals surface area contributed by atoms with Gasteiger partial charge in [0.2, 0.25) is 0 Å². The van der Waals surface area contributed by atoms with Crippen LogP contribution in [0.3, 0.4) is 0 Å². The largest absolute Gasteiger partial charge is 0.434 e. The normalized spacial score (nSPS) is 11.1. The number of para-hydroxylation sites is 1. The summed E-state index contributed by atoms with van der Waals surface area (Å²) in [5.41, 5.74) is 3.02. The molecule has 0 radical (unpaired) electrons. The van der Waals surface area contributed by atoms with Crippen molar-refractivity contribution in [2.24, 2.45) is 5.10 Å². The van der Waals surface area contributed by atoms with Gasteiger partial charge in [0.05, 0.1) is 6.21 Å². The zero-order valence-electron chi connectivity index (χ0n) is 10.6. The van der Waals surface area contributed by atoms with Gasteiger partial charge in [0, 0.05) is 11.6 Å². The molecule has 0 fully saturated rings. The number of hydrazone groups is 1. The zero-order chi connectivity index (χ0) is 14.3. The van der Waals surface area contributed by atoms with Crippen LogP contribution in [0.5, 0.6) is 5.75 Å². The maximum Gasteiger partial charge on any atom is 0.387 e. The van der Waals surface area contributed by atoms with E-state index in [0.717, 1.165) is 0 Å². The van der Waals surface area contributed by atoms with Gasteiger partial charge in [0.15, 0.2) is 5.11 Å². The fourth-order valence-electron chi connectivity index (χ4n) is 1.25. The zero-order valence-corrected chi connectivity index (χ0v) is 11.4. The van der Waals surface area contributed by atoms with Crippen molar-refractivity contribution >= 4 is 23.5 Å². The van der Waals surface area contributed by atoms with Crippen LogP contribution in [0, 0.1) is 0 Å². The van der Waals surface area contributed by atoms with Crippen LogP contribution in [0.15, 0.2) is 29.4 Å². The number of thiocarbonyl (C=S) groups is 1. The van der Waals surface area contributed by atoms with E-state index in [9.17, 15) is 8.78 Å². The lowest BCUT2D eigenvalue weighted by atomic mass is 10.2. The molecule has 0 bridgehead atoms. The van der Waals surface area contributed by atoms with Gasteiger partial charge in [-0.05, 0) is 38.2 Å². The highest BCUT2D eigenvalue weighted by molar-refractivity contribution is 7.80. The molecule has 1 aromatic carbocycles. The Labute approximate surface area is 115 Å². The van der Waals surface area contributed by atoms with E-state index in [1.807, 2.05) is 13.8 Å². The number of halogens is 2. The third-order valence-corrected chi connectivity index (χ3v) is 2.13. The lowest BCUT2D eigenvalue weighted by Crippen LogP contribution is -2.36. The first kappa shape index (κ1) is 15.3. The third-order valence-electron chi connectivity index (χ3n) is 1.92. The summed E-state index contributed by atoms with van der Waals surface area (Å²) < 4.78 is 28.7. The van der Waals surface area contributed by atoms with Gasteiger partial charge in [-0.1, -0.05) is 12.1 Å². The first-order valence-corrected chi connectivity index (χ1v) is 6.03. The van der Waals surface area contributed by atoms with Gasteiger partial charge in [-0.2, -0.15) is 13.9 Å². The number of ether oxygens (including phenoxy) is 1. The highest BCUT2D eigenvalue weighted by Gasteiger charge is 2.07. The fraction of sp³-hybridized carbons (Fsp3) is 0.333. The molecule has 1 rings (SSSR count). The molecule has 1 aromatic rings. The van der Waals surface area contributed by atoms with Crippen LogP contribution in [0.1, 0.15) is 19.4 Å². The van der Waals surface area contributed by atoms with Crippen LogP contribution in [-0.2, 0) is 0 Å². The van der Waals surface area contributed by atoms with E-state index in [1.165, 1.54) is 12.3 Å². The molecule has 104 valence electrons. The van der Waals surface area contributed by atoms with Gasteiger partial charge < -0.3 is 10.1 Å². The Kier molecular flexibility index (Phi) is 6.14. The molecule has 0 unspecified atom stereocenters. The molecule has 4 nitrogen and oxygen atoms in total. The van der Waals surface area contributed by atoms with E-state index in [4.69, 9.17) is 12.2 Å². The van der Waals surface area contributed by atoms with Gasteiger partial charge in [0.25, 0.3) is 0 Å². The second-order valence-electron chi connectivity index (χ2n) is 3.91. The first-order valence-electron chi connectivity index (χ1n) is 5.62. The van der Waals surface area contributed by atoms with Gasteiger partial charge >= 0.3 is 6.61 Å². The smallest absolute Gasteiger partial charge is 0.387 e. The number of hydrogen-bond acceptors (Lipinski definition) is 3. The molecule has 0 atom stereocenters. The minimum atomic E-state index is -2.87. The molecule has 0 aliphatic heterocycles. The van der Waals surface area contributed by atoms with Gasteiger partial charge in [0.1, 0.15) is 5.75 Å². The Morgan fingerprint density at radius 2 is 2.05 bits per heavy atom. The predicted molar refractivity (Wildman–Crippen MR) is 74.7 cm³/mol. The average Bonchev–Trinajstić information content (AvgIpc) is 2.29. The topological polar surface area (TPSA) is 45.7 Å². The molecule has 0 aliphatic carbocycles. The van der Waals surface area contributed by atoms with E-state index in [1.54, 1.807) is 18.2 Å². The summed E-state index contributed by atoms with van der Waals surface area (Å²) in [5, 5.41) is 7.15. The second-order valence-corrected chi connectivity index (χ2v) is 4.32. The lowest BCUT2D eigenvalue weighted by Gasteiger charge is -2.10. The number of benzene rings is 1. The Morgan fingerprint density at radius 3 is 2.68 bits per heavy atom. The molecule has 0 saturated carbocycles. The monoisotopic (exact) mass is 287 g/mol. The Morgan fingerprint density at radius 1 is 1.37 bits per heavy atom. The van der Waals surface area contributed by atoms with Crippen LogP contribution < -0.4 is 15.5 Å². The van der Waals surface area contributed by atoms with Crippen molar-refractivity contribution in [2.75, 3.05) is 0 Å². The van der Waals surface area contributed by atoms with Crippen LogP contribution in [0.25, 0.3) is 0 Å². The van der Waals surface area contributed by atoms with Gasteiger partial charge in [-0.3, -0.25) is 5.43 Å². The van der Waals surface area contributed by atoms with Gasteiger partial charge in [-0.25, -0.2) is 0 Å². The molecule has 0 aromatic heterocycles. The van der Waals surface area contributed by atoms with Crippen molar-refractivity contribution in [3.05, 3.63) is 29.8 Å². The summed E-state index contributed by atoms with van der Waals surface area (Å²) in [6.07, 6.45) is 1.37. The van der Waals surface area contributed by atoms with E-state index in [2.05, 4.69) is 20.6 Å². The first-order chi connectivity index (χ1) is 8.99. The molecule has 0 aliphatic rings. The maximum absolute atomic E-state index is 12.2. The van der Waals surface area contributed by atoms with Crippen molar-refractivity contribution < 1.29 is 13.5 Å². The van der Waals surface area contributed by atoms with Crippen molar-refractivity contribution in [3.63, 3.8) is 0 Å². The number of nitrogens with one attached hydrogen (secondary N) is 2. The summed E-state index contributed by atoms with van der Waals surface area (Å²) >= 11 is 4.96. The highest BCUT2D eigenvalue weighted by atomic mass is 32.1.